The molecule has 60 valence electrons. The molecule has 1 atom stereocenters. The molecule has 3 nitrogen and oxygen atoms in total. The summed E-state index contributed by atoms with van der Waals surface area (Å²) < 4.78 is 4.22. The zero-order chi connectivity index (χ0) is 7.84. The molecule has 2 rings (SSSR count). The molecule has 0 spiro atoms. The van der Waals surface area contributed by atoms with Crippen molar-refractivity contribution < 1.29 is 0 Å². The molecule has 4 heteroatoms. The highest BCUT2D eigenvalue weighted by molar-refractivity contribution is 7.13. The Morgan fingerprint density at radius 2 is 2.45 bits per heavy atom. The molecule has 0 saturated carbocycles. The van der Waals surface area contributed by atoms with E-state index in [0.29, 0.717) is 0 Å². The minimum atomic E-state index is 1.02. The maximum absolute atomic E-state index is 4.21. The number of rotatable bonds is 0. The normalized spacial score (nSPS) is 18.4. The van der Waals surface area contributed by atoms with Gasteiger partial charge in [-0.05, 0) is 0 Å². The van der Waals surface area contributed by atoms with E-state index in [1.807, 2.05) is 17.9 Å². The van der Waals surface area contributed by atoms with Gasteiger partial charge < -0.3 is 0 Å². The number of hydrogen-bond acceptors (Lipinski definition) is 2. The lowest BCUT2D eigenvalue weighted by atomic mass is 10.1. The number of nitrogens with zero attached hydrogens (tertiary/aromatic N) is 3. The highest BCUT2D eigenvalue weighted by Gasteiger charge is 2.15. The van der Waals surface area contributed by atoms with E-state index in [1.54, 1.807) is 0 Å². The van der Waals surface area contributed by atoms with Crippen molar-refractivity contribution in [2.75, 3.05) is 6.54 Å². The molecule has 0 bridgehead atoms. The van der Waals surface area contributed by atoms with Crippen molar-refractivity contribution in [3.05, 3.63) is 17.5 Å². The minimum absolute atomic E-state index is 1.02. The molecular weight excluding hydrogens is 157 g/mol. The van der Waals surface area contributed by atoms with Crippen LogP contribution in [0.3, 0.4) is 0 Å². The molecule has 0 aromatic carbocycles. The molecule has 0 N–H and O–H groups in total. The van der Waals surface area contributed by atoms with Crippen molar-refractivity contribution in [3.63, 3.8) is 0 Å². The zero-order valence-corrected chi connectivity index (χ0v) is 7.77. The van der Waals surface area contributed by atoms with Crippen LogP contribution >= 0.6 is 9.39 Å². The Morgan fingerprint density at radius 1 is 1.64 bits per heavy atom. The summed E-state index contributed by atoms with van der Waals surface area (Å²) in [5, 5.41) is 4.21. The van der Waals surface area contributed by atoms with Gasteiger partial charge in [0.05, 0.1) is 6.20 Å². The molecule has 2 heterocycles. The number of aryl methyl sites for hydroxylation is 1. The summed E-state index contributed by atoms with van der Waals surface area (Å²) in [6.45, 7) is 2.14. The first-order valence-corrected chi connectivity index (χ1v) is 4.28. The van der Waals surface area contributed by atoms with Gasteiger partial charge in [-0.15, -0.1) is 0 Å². The molecule has 0 saturated heterocycles. The highest BCUT2D eigenvalue weighted by atomic mass is 31.0. The Morgan fingerprint density at radius 3 is 3.27 bits per heavy atom. The molecule has 0 fully saturated rings. The van der Waals surface area contributed by atoms with Gasteiger partial charge in [0.1, 0.15) is 0 Å². The Labute approximate surface area is 68.6 Å². The first-order valence-electron chi connectivity index (χ1n) is 3.77. The topological polar surface area (TPSA) is 21.1 Å². The number of aromatic nitrogens is 2. The van der Waals surface area contributed by atoms with Gasteiger partial charge in [0, 0.05) is 37.8 Å². The summed E-state index contributed by atoms with van der Waals surface area (Å²) >= 11 is 0. The fraction of sp³-hybridized carbons (Fsp3) is 0.571. The third kappa shape index (κ3) is 1.19. The van der Waals surface area contributed by atoms with Gasteiger partial charge in [0.25, 0.3) is 0 Å². The maximum atomic E-state index is 4.21. The smallest absolute Gasteiger partial charge is 0.0537 e. The Balaban J connectivity index is 2.36. The van der Waals surface area contributed by atoms with Crippen LogP contribution in [-0.2, 0) is 20.0 Å². The van der Waals surface area contributed by atoms with Crippen molar-refractivity contribution in [2.24, 2.45) is 7.05 Å². The van der Waals surface area contributed by atoms with Crippen molar-refractivity contribution in [2.45, 2.75) is 13.0 Å². The van der Waals surface area contributed by atoms with E-state index < -0.39 is 0 Å². The molecule has 11 heavy (non-hydrogen) atoms. The Hall–Kier alpha value is -0.400. The second-order valence-electron chi connectivity index (χ2n) is 2.96. The van der Waals surface area contributed by atoms with Crippen LogP contribution in [0.5, 0.6) is 0 Å². The second-order valence-corrected chi connectivity index (χ2v) is 3.69. The summed E-state index contributed by atoms with van der Waals surface area (Å²) in [6.07, 6.45) is 3.08. The first-order chi connectivity index (χ1) is 5.27. The standard InChI is InChI=1S/C7H12N3P/c1-9-7-2-3-10(11)5-6(7)4-8-9/h4H,2-3,5,11H2,1H3. The van der Waals surface area contributed by atoms with Gasteiger partial charge >= 0.3 is 0 Å². The van der Waals surface area contributed by atoms with Crippen molar-refractivity contribution in [1.82, 2.24) is 14.5 Å². The van der Waals surface area contributed by atoms with E-state index in [1.165, 1.54) is 11.3 Å². The number of fused-ring (bicyclic) bond motifs is 1. The fourth-order valence-corrected chi connectivity index (χ4v) is 1.84. The third-order valence-electron chi connectivity index (χ3n) is 2.16. The predicted molar refractivity (Wildman–Crippen MR) is 47.0 cm³/mol. The van der Waals surface area contributed by atoms with Gasteiger partial charge in [0.15, 0.2) is 0 Å². The van der Waals surface area contributed by atoms with E-state index in [0.717, 1.165) is 19.5 Å². The molecule has 0 amide bonds. The van der Waals surface area contributed by atoms with Crippen LogP contribution in [0, 0.1) is 0 Å². The van der Waals surface area contributed by atoms with E-state index in [9.17, 15) is 0 Å². The lowest BCUT2D eigenvalue weighted by molar-refractivity contribution is 0.434. The second kappa shape index (κ2) is 2.58. The summed E-state index contributed by atoms with van der Waals surface area (Å²) in [5.41, 5.74) is 2.76. The van der Waals surface area contributed by atoms with Crippen LogP contribution in [0.2, 0.25) is 0 Å². The Kier molecular flexibility index (Phi) is 1.70. The first kappa shape index (κ1) is 7.26. The van der Waals surface area contributed by atoms with Gasteiger partial charge in [-0.1, -0.05) is 9.39 Å². The number of hydrogen-bond donors (Lipinski definition) is 0. The fourth-order valence-electron chi connectivity index (χ4n) is 1.51. The van der Waals surface area contributed by atoms with E-state index >= 15 is 0 Å². The molecule has 1 aromatic rings. The predicted octanol–water partition coefficient (Wildman–Crippen LogP) is 0.568. The lowest BCUT2D eigenvalue weighted by Crippen LogP contribution is -2.22. The van der Waals surface area contributed by atoms with Crippen LogP contribution in [0.25, 0.3) is 0 Å². The third-order valence-corrected chi connectivity index (χ3v) is 2.60. The van der Waals surface area contributed by atoms with Gasteiger partial charge in [0.2, 0.25) is 0 Å². The SMILES string of the molecule is Cn1ncc2c1CCN(P)C2. The van der Waals surface area contributed by atoms with E-state index in [-0.39, 0.29) is 0 Å². The maximum Gasteiger partial charge on any atom is 0.0537 e. The summed E-state index contributed by atoms with van der Waals surface area (Å²) in [4.78, 5) is 0. The molecule has 0 radical (unpaired) electrons. The molecule has 1 aliphatic heterocycles. The molecule has 1 aliphatic rings. The van der Waals surface area contributed by atoms with Crippen LogP contribution < -0.4 is 0 Å². The van der Waals surface area contributed by atoms with Crippen LogP contribution in [0.4, 0.5) is 0 Å². The average molecular weight is 169 g/mol. The zero-order valence-electron chi connectivity index (χ0n) is 6.62. The van der Waals surface area contributed by atoms with Gasteiger partial charge in [-0.2, -0.15) is 5.10 Å². The quantitative estimate of drug-likeness (QED) is 0.529. The summed E-state index contributed by atoms with van der Waals surface area (Å²) in [5.74, 6) is 0. The summed E-state index contributed by atoms with van der Waals surface area (Å²) in [7, 11) is 4.74. The molecule has 1 aromatic heterocycles. The average Bonchev–Trinajstić information content (AvgIpc) is 2.32. The largest absolute Gasteiger partial charge is 0.283 e. The van der Waals surface area contributed by atoms with Crippen LogP contribution in [0.15, 0.2) is 6.20 Å². The van der Waals surface area contributed by atoms with Gasteiger partial charge in [-0.3, -0.25) is 9.35 Å². The minimum Gasteiger partial charge on any atom is -0.283 e. The summed E-state index contributed by atoms with van der Waals surface area (Å²) in [6, 6.07) is 0. The van der Waals surface area contributed by atoms with E-state index in [4.69, 9.17) is 0 Å². The lowest BCUT2D eigenvalue weighted by Gasteiger charge is -2.21. The van der Waals surface area contributed by atoms with Crippen LogP contribution in [0.1, 0.15) is 11.3 Å². The monoisotopic (exact) mass is 169 g/mol. The highest BCUT2D eigenvalue weighted by Crippen LogP contribution is 2.19. The molecule has 1 unspecified atom stereocenters. The molecule has 0 aliphatic carbocycles. The van der Waals surface area contributed by atoms with Crippen LogP contribution in [-0.4, -0.2) is 21.0 Å². The van der Waals surface area contributed by atoms with E-state index in [2.05, 4.69) is 19.2 Å². The van der Waals surface area contributed by atoms with Gasteiger partial charge in [-0.25, -0.2) is 0 Å². The van der Waals surface area contributed by atoms with Crippen molar-refractivity contribution in [1.29, 1.82) is 0 Å². The van der Waals surface area contributed by atoms with Crippen molar-refractivity contribution in [3.8, 4) is 0 Å². The van der Waals surface area contributed by atoms with Crippen molar-refractivity contribution >= 4 is 9.39 Å². The Bertz CT molecular complexity index is 269. The molecular formula is C7H12N3P.